The summed E-state index contributed by atoms with van der Waals surface area (Å²) in [5.74, 6) is 0.332. The van der Waals surface area contributed by atoms with Crippen molar-refractivity contribution in [2.45, 2.75) is 137 Å². The van der Waals surface area contributed by atoms with Crippen LogP contribution in [0.3, 0.4) is 0 Å². The predicted molar refractivity (Wildman–Crippen MR) is 285 cm³/mol. The Kier molecular flexibility index (Phi) is 13.7. The smallest absolute Gasteiger partial charge is 0.148 e. The maximum atomic E-state index is 12.6. The first-order valence-corrected chi connectivity index (χ1v) is 24.2. The second kappa shape index (κ2) is 19.1. The molecule has 0 spiro atoms. The molecule has 0 atom stereocenters. The number of phenolic OH excluding ortho intramolecular Hbond substituents is 1. The molecule has 354 valence electrons. The van der Waals surface area contributed by atoms with Crippen LogP contribution >= 0.6 is 0 Å². The van der Waals surface area contributed by atoms with E-state index in [0.717, 1.165) is 96.5 Å². The van der Waals surface area contributed by atoms with Crippen molar-refractivity contribution in [1.29, 1.82) is 0 Å². The van der Waals surface area contributed by atoms with Crippen molar-refractivity contribution in [1.82, 2.24) is 14.5 Å². The number of fused-ring (bicyclic) bond motifs is 1. The summed E-state index contributed by atoms with van der Waals surface area (Å²) in [6.45, 7) is 30.9. The van der Waals surface area contributed by atoms with Crippen molar-refractivity contribution in [3.05, 3.63) is 167 Å². The Morgan fingerprint density at radius 1 is 0.574 bits per heavy atom. The molecule has 1 N–H and O–H groups in total. The van der Waals surface area contributed by atoms with Crippen molar-refractivity contribution in [2.24, 2.45) is 0 Å². The van der Waals surface area contributed by atoms with Gasteiger partial charge in [-0.05, 0) is 104 Å². The molecule has 0 fully saturated rings. The van der Waals surface area contributed by atoms with Gasteiger partial charge in [0, 0.05) is 45.5 Å². The Bertz CT molecular complexity index is 3130. The van der Waals surface area contributed by atoms with Crippen molar-refractivity contribution in [2.75, 3.05) is 0 Å². The molecule has 0 saturated heterocycles. The third-order valence-electron chi connectivity index (χ3n) is 13.4. The number of imidazole rings is 1. The minimum atomic E-state index is -0.590. The van der Waals surface area contributed by atoms with Gasteiger partial charge in [-0.1, -0.05) is 193 Å². The number of phenols is 1. The van der Waals surface area contributed by atoms with E-state index in [1.807, 2.05) is 6.20 Å². The first kappa shape index (κ1) is 48.9. The summed E-state index contributed by atoms with van der Waals surface area (Å²) in [5.41, 5.74) is 16.0. The number of hydrogen-bond donors (Lipinski definition) is 1. The quantitative estimate of drug-likeness (QED) is 0.147. The molecule has 0 saturated carbocycles. The first-order valence-electron chi connectivity index (χ1n) is 24.7. The molecule has 4 nitrogen and oxygen atoms in total. The van der Waals surface area contributed by atoms with Crippen LogP contribution in [0.25, 0.3) is 72.7 Å². The molecule has 0 aliphatic rings. The summed E-state index contributed by atoms with van der Waals surface area (Å²) in [6, 6.07) is 49.3. The molecule has 5 heteroatoms. The van der Waals surface area contributed by atoms with Crippen LogP contribution in [0, 0.1) is 6.07 Å². The van der Waals surface area contributed by atoms with Crippen molar-refractivity contribution in [3.8, 4) is 67.5 Å². The number of aromatic hydroxyl groups is 1. The van der Waals surface area contributed by atoms with Crippen LogP contribution in [0.1, 0.15) is 145 Å². The van der Waals surface area contributed by atoms with Gasteiger partial charge in [-0.2, -0.15) is 0 Å². The number of nitrogens with zero attached hydrogens (tertiary/aromatic N) is 3. The molecular formula is C63H70N3OPt-. The Balaban J connectivity index is 0.00000703. The molecule has 0 aliphatic heterocycles. The average Bonchev–Trinajstić information content (AvgIpc) is 3.69. The van der Waals surface area contributed by atoms with Crippen molar-refractivity contribution in [3.63, 3.8) is 0 Å². The molecule has 0 aliphatic carbocycles. The summed E-state index contributed by atoms with van der Waals surface area (Å²) in [5, 5.41) is 12.6. The van der Waals surface area contributed by atoms with Gasteiger partial charge in [0.1, 0.15) is 11.6 Å². The number of aromatic nitrogens is 3. The maximum Gasteiger partial charge on any atom is 0.148 e. The fourth-order valence-corrected chi connectivity index (χ4v) is 9.20. The molecule has 2 aromatic heterocycles. The van der Waals surface area contributed by atoms with E-state index in [4.69, 9.17) is 11.3 Å². The molecule has 0 radical (unpaired) electrons. The fourth-order valence-electron chi connectivity index (χ4n) is 9.20. The molecule has 8 aromatic rings. The van der Waals surface area contributed by atoms with Gasteiger partial charge < -0.3 is 5.11 Å². The zero-order valence-corrected chi connectivity index (χ0v) is 45.0. The number of rotatable bonds is 9. The van der Waals surface area contributed by atoms with E-state index >= 15 is 0 Å². The number of para-hydroxylation sites is 1. The van der Waals surface area contributed by atoms with Gasteiger partial charge in [-0.25, -0.2) is 4.98 Å². The minimum Gasteiger partial charge on any atom is -0.507 e. The van der Waals surface area contributed by atoms with E-state index in [-0.39, 0.29) is 48.5 Å². The molecule has 8 rings (SSSR count). The summed E-state index contributed by atoms with van der Waals surface area (Å²) in [4.78, 5) is 10.6. The number of pyridine rings is 1. The van der Waals surface area contributed by atoms with Crippen LogP contribution in [-0.4, -0.2) is 19.6 Å². The second-order valence-corrected chi connectivity index (χ2v) is 22.5. The molecule has 68 heavy (non-hydrogen) atoms. The van der Waals surface area contributed by atoms with Crippen LogP contribution < -0.4 is 0 Å². The average molecular weight is 1080 g/mol. The summed E-state index contributed by atoms with van der Waals surface area (Å²) in [7, 11) is 0. The van der Waals surface area contributed by atoms with Crippen molar-refractivity contribution < 1.29 is 27.5 Å². The Morgan fingerprint density at radius 2 is 1.19 bits per heavy atom. The monoisotopic (exact) mass is 1080 g/mol. The fraction of sp³-hybridized carbons (Fsp3) is 0.333. The van der Waals surface area contributed by atoms with E-state index in [9.17, 15) is 5.11 Å². The van der Waals surface area contributed by atoms with Gasteiger partial charge in [0.05, 0.1) is 22.3 Å². The third kappa shape index (κ3) is 10.1. The van der Waals surface area contributed by atoms with Gasteiger partial charge in [0.25, 0.3) is 0 Å². The second-order valence-electron chi connectivity index (χ2n) is 22.5. The zero-order valence-electron chi connectivity index (χ0n) is 43.7. The Hall–Kier alpha value is -5.57. The van der Waals surface area contributed by atoms with E-state index in [1.54, 1.807) is 0 Å². The van der Waals surface area contributed by atoms with Gasteiger partial charge >= 0.3 is 0 Å². The Morgan fingerprint density at radius 3 is 1.81 bits per heavy atom. The van der Waals surface area contributed by atoms with Crippen molar-refractivity contribution >= 4 is 11.0 Å². The maximum absolute atomic E-state index is 12.6. The van der Waals surface area contributed by atoms with Crippen LogP contribution in [0.15, 0.2) is 134 Å². The summed E-state index contributed by atoms with van der Waals surface area (Å²) >= 11 is 0. The van der Waals surface area contributed by atoms with E-state index in [0.29, 0.717) is 11.4 Å². The van der Waals surface area contributed by atoms with Gasteiger partial charge in [-0.15, -0.1) is 29.3 Å². The minimum absolute atomic E-state index is 0. The van der Waals surface area contributed by atoms with Gasteiger partial charge in [0.15, 0.2) is 0 Å². The summed E-state index contributed by atoms with van der Waals surface area (Å²) in [6.07, 6.45) is 3.42. The SMILES string of the molecule is [2H]C(CC)(CC)c1ccc(-c2ccnc(-c3[c-]c(-c4cccc5c4nc(-c4cc(C(C)(C)C)cc(C(C)(C)C)c4O)n5-c4ccc(C(C)(C)C)cc4-c4ccccc4)cc(C(C)(C)C)c3)c2)cc1.[Pt]. The van der Waals surface area contributed by atoms with Crippen LogP contribution in [-0.2, 0) is 42.7 Å². The largest absolute Gasteiger partial charge is 0.507 e. The van der Waals surface area contributed by atoms with Gasteiger partial charge in [-0.3, -0.25) is 9.55 Å². The first-order chi connectivity index (χ1) is 31.9. The molecule has 2 heterocycles. The molecular weight excluding hydrogens is 1010 g/mol. The topological polar surface area (TPSA) is 50.9 Å². The summed E-state index contributed by atoms with van der Waals surface area (Å²) < 4.78 is 11.3. The normalized spacial score (nSPS) is 12.8. The number of hydrogen-bond acceptors (Lipinski definition) is 3. The molecule has 6 aromatic carbocycles. The Labute approximate surface area is 423 Å². The predicted octanol–water partition coefficient (Wildman–Crippen LogP) is 17.4. The van der Waals surface area contributed by atoms with Crippen LogP contribution in [0.2, 0.25) is 0 Å². The van der Waals surface area contributed by atoms with E-state index < -0.39 is 5.89 Å². The van der Waals surface area contributed by atoms with Crippen LogP contribution in [0.4, 0.5) is 0 Å². The molecule has 0 amide bonds. The molecule has 0 bridgehead atoms. The van der Waals surface area contributed by atoms with E-state index in [2.05, 4.69) is 235 Å². The van der Waals surface area contributed by atoms with Crippen LogP contribution in [0.5, 0.6) is 5.75 Å². The zero-order chi connectivity index (χ0) is 49.1. The van der Waals surface area contributed by atoms with E-state index in [1.165, 1.54) is 5.56 Å². The standard InChI is InChI=1S/C63H70N3O.Pt/c1-15-40(16-2)41-25-27-42(28-26-41)44-31-32-64-54(36-44)46-33-45(34-48(35-46)61(6,7)8)50-23-20-24-56-57(50)65-59(52-38-49(62(9,10)11)39-53(58(52)67)63(12,13)14)66(56)55-30-29-47(60(3,4)5)37-51(55)43-21-18-17-19-22-43;/h17-32,34-40,67H,15-16H2,1-14H3;/q-1;/i40D;. The number of benzene rings is 6. The third-order valence-corrected chi connectivity index (χ3v) is 13.4. The molecule has 0 unspecified atom stereocenters. The van der Waals surface area contributed by atoms with Gasteiger partial charge in [0.2, 0.25) is 0 Å².